The van der Waals surface area contributed by atoms with Crippen molar-refractivity contribution in [2.75, 3.05) is 26.3 Å². The van der Waals surface area contributed by atoms with Crippen molar-refractivity contribution in [2.45, 2.75) is 26.3 Å². The van der Waals surface area contributed by atoms with E-state index in [4.69, 9.17) is 10.5 Å². The molecule has 1 amide bonds. The molecule has 1 heterocycles. The molecule has 0 radical (unpaired) electrons. The van der Waals surface area contributed by atoms with Crippen LogP contribution in [0.2, 0.25) is 0 Å². The van der Waals surface area contributed by atoms with Crippen molar-refractivity contribution < 1.29 is 9.53 Å². The molecule has 0 aromatic rings. The van der Waals surface area contributed by atoms with E-state index < -0.39 is 0 Å². The van der Waals surface area contributed by atoms with Crippen LogP contribution in [-0.2, 0) is 9.53 Å². The molecule has 1 aliphatic heterocycles. The second kappa shape index (κ2) is 5.32. The molecule has 1 rings (SSSR count). The highest BCUT2D eigenvalue weighted by atomic mass is 16.5. The lowest BCUT2D eigenvalue weighted by molar-refractivity contribution is -0.135. The fraction of sp³-hybridized carbons (Fsp3) is 0.900. The Kier molecular flexibility index (Phi) is 4.35. The maximum Gasteiger partial charge on any atom is 0.224 e. The van der Waals surface area contributed by atoms with Crippen LogP contribution in [0.1, 0.15) is 20.3 Å². The minimum Gasteiger partial charge on any atom is -0.378 e. The molecule has 1 aliphatic rings. The molecule has 0 aliphatic carbocycles. The highest BCUT2D eigenvalue weighted by molar-refractivity contribution is 5.76. The molecule has 2 N–H and O–H groups in total. The Bertz CT molecular complexity index is 189. The summed E-state index contributed by atoms with van der Waals surface area (Å²) in [5.41, 5.74) is 5.85. The number of nitrogens with two attached hydrogens (primary N) is 1. The van der Waals surface area contributed by atoms with Gasteiger partial charge in [-0.3, -0.25) is 4.79 Å². The van der Waals surface area contributed by atoms with E-state index >= 15 is 0 Å². The van der Waals surface area contributed by atoms with E-state index in [1.165, 1.54) is 0 Å². The molecule has 0 aromatic carbocycles. The van der Waals surface area contributed by atoms with Gasteiger partial charge in [0, 0.05) is 25.6 Å². The predicted octanol–water partition coefficient (Wildman–Crippen LogP) is 0.219. The van der Waals surface area contributed by atoms with E-state index in [9.17, 15) is 4.79 Å². The third kappa shape index (κ3) is 3.27. The average Bonchev–Trinajstić information content (AvgIpc) is 2.19. The summed E-state index contributed by atoms with van der Waals surface area (Å²) in [6.07, 6.45) is 0.456. The lowest BCUT2D eigenvalue weighted by Gasteiger charge is -2.28. The van der Waals surface area contributed by atoms with Crippen molar-refractivity contribution in [1.82, 2.24) is 4.90 Å². The number of ether oxygens (including phenoxy) is 1. The van der Waals surface area contributed by atoms with E-state index in [2.05, 4.69) is 0 Å². The number of nitrogens with zero attached hydrogens (tertiary/aromatic N) is 1. The zero-order valence-corrected chi connectivity index (χ0v) is 9.03. The third-order valence-electron chi connectivity index (χ3n) is 2.63. The minimum atomic E-state index is -0.0228. The Hall–Kier alpha value is -0.610. The Morgan fingerprint density at radius 1 is 1.43 bits per heavy atom. The monoisotopic (exact) mass is 200 g/mol. The summed E-state index contributed by atoms with van der Waals surface area (Å²) >= 11 is 0. The van der Waals surface area contributed by atoms with Gasteiger partial charge in [0.2, 0.25) is 5.91 Å². The molecular formula is C10H20N2O2. The number of carbonyl (C=O) groups excluding carboxylic acids is 1. The first-order valence-corrected chi connectivity index (χ1v) is 5.22. The fourth-order valence-electron chi connectivity index (χ4n) is 1.38. The predicted molar refractivity (Wildman–Crippen MR) is 54.8 cm³/mol. The van der Waals surface area contributed by atoms with Gasteiger partial charge in [-0.25, -0.2) is 0 Å². The molecule has 0 bridgehead atoms. The molecular weight excluding hydrogens is 180 g/mol. The van der Waals surface area contributed by atoms with Crippen molar-refractivity contribution in [3.05, 3.63) is 0 Å². The molecule has 1 atom stereocenters. The van der Waals surface area contributed by atoms with Crippen LogP contribution in [-0.4, -0.2) is 43.2 Å². The molecule has 14 heavy (non-hydrogen) atoms. The van der Waals surface area contributed by atoms with Gasteiger partial charge in [-0.15, -0.1) is 0 Å². The zero-order chi connectivity index (χ0) is 10.6. The van der Waals surface area contributed by atoms with Gasteiger partial charge in [0.05, 0.1) is 13.2 Å². The SMILES string of the molecule is CC(C)C(N)CC(=O)N1CCOCC1. The van der Waals surface area contributed by atoms with Crippen LogP contribution >= 0.6 is 0 Å². The molecule has 0 aromatic heterocycles. The topological polar surface area (TPSA) is 55.6 Å². The number of carbonyl (C=O) groups is 1. The van der Waals surface area contributed by atoms with Crippen LogP contribution in [0.5, 0.6) is 0 Å². The fourth-order valence-corrected chi connectivity index (χ4v) is 1.38. The van der Waals surface area contributed by atoms with Crippen molar-refractivity contribution in [3.8, 4) is 0 Å². The van der Waals surface area contributed by atoms with Crippen LogP contribution in [0, 0.1) is 5.92 Å². The Morgan fingerprint density at radius 3 is 2.50 bits per heavy atom. The van der Waals surface area contributed by atoms with Crippen LogP contribution in [0.3, 0.4) is 0 Å². The summed E-state index contributed by atoms with van der Waals surface area (Å²) in [7, 11) is 0. The standard InChI is InChI=1S/C10H20N2O2/c1-8(2)9(11)7-10(13)12-3-5-14-6-4-12/h8-9H,3-7,11H2,1-2H3. The van der Waals surface area contributed by atoms with Crippen molar-refractivity contribution >= 4 is 5.91 Å². The summed E-state index contributed by atoms with van der Waals surface area (Å²) < 4.78 is 5.18. The summed E-state index contributed by atoms with van der Waals surface area (Å²) in [4.78, 5) is 13.5. The highest BCUT2D eigenvalue weighted by Crippen LogP contribution is 2.07. The minimum absolute atomic E-state index is 0.0228. The summed E-state index contributed by atoms with van der Waals surface area (Å²) in [5, 5.41) is 0. The molecule has 82 valence electrons. The first kappa shape index (κ1) is 11.5. The van der Waals surface area contributed by atoms with Crippen LogP contribution in [0.25, 0.3) is 0 Å². The largest absolute Gasteiger partial charge is 0.378 e. The van der Waals surface area contributed by atoms with Gasteiger partial charge in [-0.1, -0.05) is 13.8 Å². The number of hydrogen-bond acceptors (Lipinski definition) is 3. The van der Waals surface area contributed by atoms with Crippen LogP contribution in [0.4, 0.5) is 0 Å². The number of hydrogen-bond donors (Lipinski definition) is 1. The van der Waals surface area contributed by atoms with Crippen molar-refractivity contribution in [3.63, 3.8) is 0 Å². The van der Waals surface area contributed by atoms with Gasteiger partial charge in [-0.05, 0) is 5.92 Å². The summed E-state index contributed by atoms with van der Waals surface area (Å²) in [5.74, 6) is 0.523. The number of morpholine rings is 1. The van der Waals surface area contributed by atoms with Crippen molar-refractivity contribution in [2.24, 2.45) is 11.7 Å². The van der Waals surface area contributed by atoms with Gasteiger partial charge in [0.25, 0.3) is 0 Å². The zero-order valence-electron chi connectivity index (χ0n) is 9.03. The highest BCUT2D eigenvalue weighted by Gasteiger charge is 2.20. The van der Waals surface area contributed by atoms with Gasteiger partial charge in [-0.2, -0.15) is 0 Å². The smallest absolute Gasteiger partial charge is 0.224 e. The van der Waals surface area contributed by atoms with Gasteiger partial charge in [0.1, 0.15) is 0 Å². The van der Waals surface area contributed by atoms with Crippen molar-refractivity contribution in [1.29, 1.82) is 0 Å². The first-order valence-electron chi connectivity index (χ1n) is 5.22. The second-order valence-electron chi connectivity index (χ2n) is 4.11. The molecule has 1 fully saturated rings. The molecule has 1 saturated heterocycles. The Morgan fingerprint density at radius 2 is 2.00 bits per heavy atom. The maximum atomic E-state index is 11.7. The molecule has 4 heteroatoms. The molecule has 0 saturated carbocycles. The van der Waals surface area contributed by atoms with E-state index in [0.29, 0.717) is 38.6 Å². The normalized spacial score (nSPS) is 19.9. The van der Waals surface area contributed by atoms with Gasteiger partial charge >= 0.3 is 0 Å². The lowest BCUT2D eigenvalue weighted by atomic mass is 10.0. The Balaban J connectivity index is 2.33. The van der Waals surface area contributed by atoms with E-state index in [1.54, 1.807) is 0 Å². The molecule has 4 nitrogen and oxygen atoms in total. The number of rotatable bonds is 3. The van der Waals surface area contributed by atoms with E-state index in [1.807, 2.05) is 18.7 Å². The second-order valence-corrected chi connectivity index (χ2v) is 4.11. The van der Waals surface area contributed by atoms with Gasteiger partial charge < -0.3 is 15.4 Å². The van der Waals surface area contributed by atoms with Gasteiger partial charge in [0.15, 0.2) is 0 Å². The third-order valence-corrected chi connectivity index (χ3v) is 2.63. The quantitative estimate of drug-likeness (QED) is 0.709. The average molecular weight is 200 g/mol. The summed E-state index contributed by atoms with van der Waals surface area (Å²) in [6.45, 7) is 6.81. The lowest BCUT2D eigenvalue weighted by Crippen LogP contribution is -2.43. The number of amides is 1. The summed E-state index contributed by atoms with van der Waals surface area (Å²) in [6, 6.07) is -0.0228. The maximum absolute atomic E-state index is 11.7. The van der Waals surface area contributed by atoms with Crippen LogP contribution < -0.4 is 5.73 Å². The van der Waals surface area contributed by atoms with E-state index in [-0.39, 0.29) is 11.9 Å². The van der Waals surface area contributed by atoms with Crippen LogP contribution in [0.15, 0.2) is 0 Å². The van der Waals surface area contributed by atoms with E-state index in [0.717, 1.165) is 0 Å². The Labute approximate surface area is 85.4 Å². The molecule has 0 spiro atoms. The first-order chi connectivity index (χ1) is 6.61. The molecule has 1 unspecified atom stereocenters.